The summed E-state index contributed by atoms with van der Waals surface area (Å²) in [6, 6.07) is 4.37. The zero-order valence-electron chi connectivity index (χ0n) is 11.1. The fourth-order valence-electron chi connectivity index (χ4n) is 2.10. The molecule has 0 fully saturated rings. The van der Waals surface area contributed by atoms with Gasteiger partial charge >= 0.3 is 0 Å². The van der Waals surface area contributed by atoms with Gasteiger partial charge < -0.3 is 10.5 Å². The minimum atomic E-state index is -0.210. The molecule has 92 valence electrons. The fourth-order valence-corrected chi connectivity index (χ4v) is 2.10. The summed E-state index contributed by atoms with van der Waals surface area (Å²) in [5, 5.41) is 0. The molecule has 2 rings (SSSR count). The molecule has 1 heterocycles. The highest BCUT2D eigenvalue weighted by Crippen LogP contribution is 2.35. The van der Waals surface area contributed by atoms with Gasteiger partial charge in [-0.05, 0) is 56.5 Å². The Morgan fingerprint density at radius 1 is 1.35 bits per heavy atom. The van der Waals surface area contributed by atoms with E-state index in [0.29, 0.717) is 12.5 Å². The maximum Gasteiger partial charge on any atom is 0.130 e. The van der Waals surface area contributed by atoms with Crippen molar-refractivity contribution in [1.82, 2.24) is 0 Å². The van der Waals surface area contributed by atoms with Crippen LogP contribution in [0.2, 0.25) is 0 Å². The molecule has 0 aliphatic carbocycles. The number of nitrogens with two attached hydrogens (primary N) is 1. The summed E-state index contributed by atoms with van der Waals surface area (Å²) in [6.45, 7) is 9.07. The Bertz CT molecular complexity index is 460. The molecule has 1 unspecified atom stereocenters. The van der Waals surface area contributed by atoms with Gasteiger partial charge in [-0.2, -0.15) is 0 Å². The number of benzene rings is 1. The molecule has 1 aromatic carbocycles. The first-order valence-corrected chi connectivity index (χ1v) is 6.16. The molecule has 1 aliphatic heterocycles. The Balaban J connectivity index is 2.46. The van der Waals surface area contributed by atoms with E-state index in [0.717, 1.165) is 5.75 Å². The van der Waals surface area contributed by atoms with Gasteiger partial charge in [0.2, 0.25) is 0 Å². The fraction of sp³-hybridized carbons (Fsp3) is 0.467. The van der Waals surface area contributed by atoms with E-state index in [9.17, 15) is 0 Å². The first-order valence-electron chi connectivity index (χ1n) is 6.16. The van der Waals surface area contributed by atoms with Gasteiger partial charge in [-0.15, -0.1) is 0 Å². The van der Waals surface area contributed by atoms with Crippen LogP contribution in [0.1, 0.15) is 43.4 Å². The molecule has 17 heavy (non-hydrogen) atoms. The lowest BCUT2D eigenvalue weighted by Crippen LogP contribution is -2.28. The van der Waals surface area contributed by atoms with Crippen molar-refractivity contribution >= 4 is 6.08 Å². The summed E-state index contributed by atoms with van der Waals surface area (Å²) in [5.74, 6) is 1.40. The molecule has 0 amide bonds. The van der Waals surface area contributed by atoms with Crippen molar-refractivity contribution < 1.29 is 4.74 Å². The predicted octanol–water partition coefficient (Wildman–Crippen LogP) is 3.24. The SMILES string of the molecule is Cc1cc(C(C)CN)cc2c1OC(C)(C)C=C2. The average molecular weight is 231 g/mol. The number of rotatable bonds is 2. The van der Waals surface area contributed by atoms with Crippen LogP contribution in [0.4, 0.5) is 0 Å². The molecule has 2 heteroatoms. The van der Waals surface area contributed by atoms with Crippen LogP contribution in [0.3, 0.4) is 0 Å². The third-order valence-corrected chi connectivity index (χ3v) is 3.28. The van der Waals surface area contributed by atoms with Crippen LogP contribution in [0.5, 0.6) is 5.75 Å². The molecule has 1 atom stereocenters. The summed E-state index contributed by atoms with van der Waals surface area (Å²) in [4.78, 5) is 0. The number of ether oxygens (including phenoxy) is 1. The van der Waals surface area contributed by atoms with Crippen LogP contribution in [0.25, 0.3) is 6.08 Å². The molecule has 0 saturated heterocycles. The van der Waals surface area contributed by atoms with Gasteiger partial charge in [0.15, 0.2) is 0 Å². The third-order valence-electron chi connectivity index (χ3n) is 3.28. The average Bonchev–Trinajstić information content (AvgIpc) is 2.28. The van der Waals surface area contributed by atoms with E-state index >= 15 is 0 Å². The van der Waals surface area contributed by atoms with E-state index in [1.54, 1.807) is 0 Å². The number of hydrogen-bond donors (Lipinski definition) is 1. The zero-order chi connectivity index (χ0) is 12.6. The normalized spacial score (nSPS) is 18.4. The number of aryl methyl sites for hydroxylation is 1. The lowest BCUT2D eigenvalue weighted by atomic mass is 9.93. The van der Waals surface area contributed by atoms with Gasteiger partial charge in [0, 0.05) is 5.56 Å². The van der Waals surface area contributed by atoms with Crippen molar-refractivity contribution in [2.45, 2.75) is 39.2 Å². The Morgan fingerprint density at radius 3 is 2.71 bits per heavy atom. The Labute approximate surface area is 103 Å². The van der Waals surface area contributed by atoms with E-state index in [4.69, 9.17) is 10.5 Å². The van der Waals surface area contributed by atoms with Crippen molar-refractivity contribution in [3.8, 4) is 5.75 Å². The van der Waals surface area contributed by atoms with Crippen LogP contribution in [-0.2, 0) is 0 Å². The van der Waals surface area contributed by atoms with Crippen LogP contribution < -0.4 is 10.5 Å². The molecule has 1 aromatic rings. The third kappa shape index (κ3) is 2.37. The lowest BCUT2D eigenvalue weighted by molar-refractivity contribution is 0.157. The van der Waals surface area contributed by atoms with E-state index in [1.165, 1.54) is 16.7 Å². The highest BCUT2D eigenvalue weighted by molar-refractivity contribution is 5.64. The van der Waals surface area contributed by atoms with Crippen molar-refractivity contribution in [2.75, 3.05) is 6.54 Å². The van der Waals surface area contributed by atoms with Gasteiger partial charge in [-0.1, -0.05) is 19.1 Å². The van der Waals surface area contributed by atoms with Gasteiger partial charge in [-0.3, -0.25) is 0 Å². The molecule has 0 spiro atoms. The summed E-state index contributed by atoms with van der Waals surface area (Å²) >= 11 is 0. The molecule has 0 aromatic heterocycles. The molecular weight excluding hydrogens is 210 g/mol. The topological polar surface area (TPSA) is 35.2 Å². The van der Waals surface area contributed by atoms with Crippen molar-refractivity contribution in [3.05, 3.63) is 34.9 Å². The molecule has 0 radical (unpaired) electrons. The maximum absolute atomic E-state index is 6.00. The molecular formula is C15H21NO. The van der Waals surface area contributed by atoms with Crippen LogP contribution in [0.15, 0.2) is 18.2 Å². The number of fused-ring (bicyclic) bond motifs is 1. The number of hydrogen-bond acceptors (Lipinski definition) is 2. The smallest absolute Gasteiger partial charge is 0.130 e. The molecule has 2 nitrogen and oxygen atoms in total. The van der Waals surface area contributed by atoms with E-state index in [-0.39, 0.29) is 5.60 Å². The largest absolute Gasteiger partial charge is 0.483 e. The minimum Gasteiger partial charge on any atom is -0.483 e. The second-order valence-corrected chi connectivity index (χ2v) is 5.43. The summed E-state index contributed by atoms with van der Waals surface area (Å²) in [6.07, 6.45) is 4.25. The van der Waals surface area contributed by atoms with Crippen molar-refractivity contribution in [1.29, 1.82) is 0 Å². The standard InChI is InChI=1S/C15H21NO/c1-10-7-13(11(2)9-16)8-12-5-6-15(3,4)17-14(10)12/h5-8,11H,9,16H2,1-4H3. The summed E-state index contributed by atoms with van der Waals surface area (Å²) in [5.41, 5.74) is 9.16. The molecule has 1 aliphatic rings. The highest BCUT2D eigenvalue weighted by Gasteiger charge is 2.23. The Kier molecular flexibility index (Phi) is 3.00. The van der Waals surface area contributed by atoms with E-state index < -0.39 is 0 Å². The second-order valence-electron chi connectivity index (χ2n) is 5.43. The van der Waals surface area contributed by atoms with Crippen LogP contribution in [-0.4, -0.2) is 12.1 Å². The molecule has 0 bridgehead atoms. The van der Waals surface area contributed by atoms with Gasteiger partial charge in [0.25, 0.3) is 0 Å². The predicted molar refractivity (Wildman–Crippen MR) is 72.4 cm³/mol. The molecule has 2 N–H and O–H groups in total. The van der Waals surface area contributed by atoms with Crippen LogP contribution in [0, 0.1) is 6.92 Å². The van der Waals surface area contributed by atoms with Gasteiger partial charge in [-0.25, -0.2) is 0 Å². The van der Waals surface area contributed by atoms with Crippen LogP contribution >= 0.6 is 0 Å². The minimum absolute atomic E-state index is 0.210. The first-order chi connectivity index (χ1) is 7.93. The van der Waals surface area contributed by atoms with Crippen molar-refractivity contribution in [3.63, 3.8) is 0 Å². The summed E-state index contributed by atoms with van der Waals surface area (Å²) < 4.78 is 6.00. The monoisotopic (exact) mass is 231 g/mol. The Hall–Kier alpha value is -1.28. The van der Waals surface area contributed by atoms with Crippen molar-refractivity contribution in [2.24, 2.45) is 5.73 Å². The first kappa shape index (κ1) is 12.2. The quantitative estimate of drug-likeness (QED) is 0.848. The van der Waals surface area contributed by atoms with Gasteiger partial charge in [0.1, 0.15) is 11.4 Å². The lowest BCUT2D eigenvalue weighted by Gasteiger charge is -2.29. The summed E-state index contributed by atoms with van der Waals surface area (Å²) in [7, 11) is 0. The highest BCUT2D eigenvalue weighted by atomic mass is 16.5. The maximum atomic E-state index is 6.00. The van der Waals surface area contributed by atoms with E-state index in [1.807, 2.05) is 0 Å². The van der Waals surface area contributed by atoms with E-state index in [2.05, 4.69) is 52.0 Å². The van der Waals surface area contributed by atoms with Gasteiger partial charge in [0.05, 0.1) is 0 Å². The second kappa shape index (κ2) is 4.19. The molecule has 0 saturated carbocycles. The Morgan fingerprint density at radius 2 is 2.06 bits per heavy atom. The zero-order valence-corrected chi connectivity index (χ0v) is 11.1.